The van der Waals surface area contributed by atoms with E-state index in [1.165, 1.54) is 0 Å². The van der Waals surface area contributed by atoms with Crippen molar-refractivity contribution in [1.82, 2.24) is 0 Å². The molecule has 3 unspecified atom stereocenters. The molecule has 4 heteroatoms. The van der Waals surface area contributed by atoms with E-state index < -0.39 is 12.1 Å². The van der Waals surface area contributed by atoms with Gasteiger partial charge in [0, 0.05) is 6.42 Å². The maximum absolute atomic E-state index is 10.1. The Hall–Kier alpha value is -0.480. The summed E-state index contributed by atoms with van der Waals surface area (Å²) in [6.07, 6.45) is -0.121. The minimum atomic E-state index is -0.700. The Morgan fingerprint density at radius 1 is 1.70 bits per heavy atom. The average Bonchev–Trinajstić information content (AvgIpc) is 1.94. The Morgan fingerprint density at radius 2 is 2.40 bits per heavy atom. The summed E-state index contributed by atoms with van der Waals surface area (Å²) in [5.74, 6) is 0. The highest BCUT2D eigenvalue weighted by atomic mass is 16.5. The Morgan fingerprint density at radius 3 is 2.90 bits per heavy atom. The van der Waals surface area contributed by atoms with E-state index in [9.17, 15) is 4.91 Å². The zero-order chi connectivity index (χ0) is 7.56. The van der Waals surface area contributed by atoms with Crippen LogP contribution < -0.4 is 0 Å². The van der Waals surface area contributed by atoms with Crippen LogP contribution in [0.25, 0.3) is 0 Å². The van der Waals surface area contributed by atoms with E-state index in [4.69, 9.17) is 9.84 Å². The van der Waals surface area contributed by atoms with Crippen LogP contribution in [-0.4, -0.2) is 30.0 Å². The molecule has 0 amide bonds. The fourth-order valence-corrected chi connectivity index (χ4v) is 1.05. The van der Waals surface area contributed by atoms with Gasteiger partial charge in [0.05, 0.1) is 12.7 Å². The highest BCUT2D eigenvalue weighted by Gasteiger charge is 2.28. The Kier molecular flexibility index (Phi) is 2.34. The summed E-state index contributed by atoms with van der Waals surface area (Å²) in [6, 6.07) is -0.469. The van der Waals surface area contributed by atoms with Gasteiger partial charge in [-0.1, -0.05) is 5.18 Å². The van der Waals surface area contributed by atoms with E-state index in [0.29, 0.717) is 6.42 Å². The van der Waals surface area contributed by atoms with E-state index in [1.54, 1.807) is 0 Å². The molecule has 1 heterocycles. The van der Waals surface area contributed by atoms with Gasteiger partial charge in [0.2, 0.25) is 0 Å². The maximum atomic E-state index is 10.1. The normalized spacial score (nSPS) is 41.2. The summed E-state index contributed by atoms with van der Waals surface area (Å²) in [5.41, 5.74) is 0. The van der Waals surface area contributed by atoms with Crippen molar-refractivity contribution < 1.29 is 9.84 Å². The van der Waals surface area contributed by atoms with Crippen LogP contribution in [0.15, 0.2) is 5.18 Å². The minimum Gasteiger partial charge on any atom is -0.388 e. The smallest absolute Gasteiger partial charge is 0.122 e. The van der Waals surface area contributed by atoms with Crippen molar-refractivity contribution in [3.8, 4) is 0 Å². The molecule has 1 aliphatic heterocycles. The Labute approximate surface area is 59.2 Å². The van der Waals surface area contributed by atoms with E-state index in [0.717, 1.165) is 0 Å². The quantitative estimate of drug-likeness (QED) is 0.539. The first-order valence-electron chi connectivity index (χ1n) is 3.36. The highest BCUT2D eigenvalue weighted by Crippen LogP contribution is 2.16. The number of aliphatic hydroxyl groups is 1. The van der Waals surface area contributed by atoms with Gasteiger partial charge in [0.1, 0.15) is 12.1 Å². The van der Waals surface area contributed by atoms with Crippen molar-refractivity contribution in [3.63, 3.8) is 0 Å². The third kappa shape index (κ3) is 1.52. The molecule has 1 aliphatic rings. The van der Waals surface area contributed by atoms with Gasteiger partial charge < -0.3 is 9.84 Å². The third-order valence-electron chi connectivity index (χ3n) is 1.70. The van der Waals surface area contributed by atoms with Crippen LogP contribution in [0.5, 0.6) is 0 Å². The zero-order valence-corrected chi connectivity index (χ0v) is 5.86. The van der Waals surface area contributed by atoms with Crippen molar-refractivity contribution in [2.45, 2.75) is 31.6 Å². The minimum absolute atomic E-state index is 0.0473. The van der Waals surface area contributed by atoms with E-state index in [1.807, 2.05) is 6.92 Å². The lowest BCUT2D eigenvalue weighted by Crippen LogP contribution is -2.38. The number of hydrogen-bond donors (Lipinski definition) is 1. The molecular weight excluding hydrogens is 134 g/mol. The first-order chi connectivity index (χ1) is 4.74. The monoisotopic (exact) mass is 145 g/mol. The van der Waals surface area contributed by atoms with Gasteiger partial charge in [-0.3, -0.25) is 0 Å². The van der Waals surface area contributed by atoms with Crippen LogP contribution in [0.2, 0.25) is 0 Å². The average molecular weight is 145 g/mol. The number of aliphatic hydroxyl groups excluding tert-OH is 1. The molecule has 0 aromatic heterocycles. The molecule has 0 saturated carbocycles. The second-order valence-electron chi connectivity index (χ2n) is 2.62. The highest BCUT2D eigenvalue weighted by molar-refractivity contribution is 4.81. The molecular formula is C6H11NO3. The largest absolute Gasteiger partial charge is 0.388 e. The number of rotatable bonds is 1. The van der Waals surface area contributed by atoms with Gasteiger partial charge in [-0.15, -0.1) is 0 Å². The summed E-state index contributed by atoms with van der Waals surface area (Å²) in [6.45, 7) is 2.10. The van der Waals surface area contributed by atoms with Crippen molar-refractivity contribution in [2.24, 2.45) is 5.18 Å². The lowest BCUT2D eigenvalue weighted by atomic mass is 10.0. The van der Waals surface area contributed by atoms with Gasteiger partial charge >= 0.3 is 0 Å². The molecule has 1 saturated heterocycles. The molecule has 0 bridgehead atoms. The van der Waals surface area contributed by atoms with Crippen molar-refractivity contribution >= 4 is 0 Å². The van der Waals surface area contributed by atoms with Gasteiger partial charge in [0.25, 0.3) is 0 Å². The molecule has 58 valence electrons. The first-order valence-corrected chi connectivity index (χ1v) is 3.36. The molecule has 0 aromatic carbocycles. The predicted molar refractivity (Wildman–Crippen MR) is 35.6 cm³/mol. The fourth-order valence-electron chi connectivity index (χ4n) is 1.05. The maximum Gasteiger partial charge on any atom is 0.122 e. The van der Waals surface area contributed by atoms with Crippen LogP contribution in [0, 0.1) is 4.91 Å². The number of nitroso groups, excluding NO2 is 1. The lowest BCUT2D eigenvalue weighted by Gasteiger charge is -2.26. The van der Waals surface area contributed by atoms with Crippen molar-refractivity contribution in [3.05, 3.63) is 4.91 Å². The molecule has 3 atom stereocenters. The van der Waals surface area contributed by atoms with Gasteiger partial charge in [-0.2, -0.15) is 4.91 Å². The van der Waals surface area contributed by atoms with Gasteiger partial charge in [0.15, 0.2) is 0 Å². The van der Waals surface area contributed by atoms with Gasteiger partial charge in [-0.25, -0.2) is 0 Å². The van der Waals surface area contributed by atoms with Crippen LogP contribution in [0.4, 0.5) is 0 Å². The molecule has 1 fully saturated rings. The first kappa shape index (κ1) is 7.63. The molecule has 10 heavy (non-hydrogen) atoms. The van der Waals surface area contributed by atoms with Crippen molar-refractivity contribution in [1.29, 1.82) is 0 Å². The van der Waals surface area contributed by atoms with E-state index in [-0.39, 0.29) is 12.7 Å². The summed E-state index contributed by atoms with van der Waals surface area (Å²) < 4.78 is 5.07. The summed E-state index contributed by atoms with van der Waals surface area (Å²) in [7, 11) is 0. The predicted octanol–water partition coefficient (Wildman–Crippen LogP) is 0.291. The van der Waals surface area contributed by atoms with Crippen LogP contribution in [-0.2, 0) is 4.74 Å². The van der Waals surface area contributed by atoms with Crippen LogP contribution >= 0.6 is 0 Å². The number of hydrogen-bond acceptors (Lipinski definition) is 4. The van der Waals surface area contributed by atoms with Gasteiger partial charge in [-0.05, 0) is 6.92 Å². The Bertz CT molecular complexity index is 128. The number of ether oxygens (including phenoxy) is 1. The van der Waals surface area contributed by atoms with Crippen LogP contribution in [0.1, 0.15) is 13.3 Å². The standard InChI is InChI=1S/C6H11NO3/c1-4-2-5(7-9)6(8)3-10-4/h4-6,8H,2-3H2,1H3. The summed E-state index contributed by atoms with van der Waals surface area (Å²) in [4.78, 5) is 10.1. The molecule has 0 aliphatic carbocycles. The second kappa shape index (κ2) is 3.07. The van der Waals surface area contributed by atoms with Crippen molar-refractivity contribution in [2.75, 3.05) is 6.61 Å². The molecule has 1 N–H and O–H groups in total. The molecule has 4 nitrogen and oxygen atoms in total. The topological polar surface area (TPSA) is 58.9 Å². The molecule has 1 rings (SSSR count). The number of nitrogens with zero attached hydrogens (tertiary/aromatic N) is 1. The molecule has 0 spiro atoms. The fraction of sp³-hybridized carbons (Fsp3) is 1.00. The second-order valence-corrected chi connectivity index (χ2v) is 2.62. The van der Waals surface area contributed by atoms with E-state index >= 15 is 0 Å². The zero-order valence-electron chi connectivity index (χ0n) is 5.86. The van der Waals surface area contributed by atoms with E-state index in [2.05, 4.69) is 5.18 Å². The third-order valence-corrected chi connectivity index (χ3v) is 1.70. The Balaban J connectivity index is 2.45. The van der Waals surface area contributed by atoms with Crippen LogP contribution in [0.3, 0.4) is 0 Å². The lowest BCUT2D eigenvalue weighted by molar-refractivity contribution is -0.0581. The summed E-state index contributed by atoms with van der Waals surface area (Å²) >= 11 is 0. The summed E-state index contributed by atoms with van der Waals surface area (Å²) in [5, 5.41) is 11.9. The SMILES string of the molecule is CC1CC(N=O)C(O)CO1. The molecule has 0 aromatic rings. The molecule has 0 radical (unpaired) electrons.